The van der Waals surface area contributed by atoms with E-state index >= 15 is 0 Å². The highest BCUT2D eigenvalue weighted by Crippen LogP contribution is 2.26. The number of hydrogen-bond donors (Lipinski definition) is 2. The maximum absolute atomic E-state index is 12.0. The summed E-state index contributed by atoms with van der Waals surface area (Å²) < 4.78 is 5.22. The van der Waals surface area contributed by atoms with Crippen LogP contribution in [0.25, 0.3) is 11.3 Å². The Labute approximate surface area is 117 Å². The van der Waals surface area contributed by atoms with E-state index in [1.165, 1.54) is 0 Å². The quantitative estimate of drug-likeness (QED) is 0.888. The second kappa shape index (κ2) is 5.46. The van der Waals surface area contributed by atoms with Crippen molar-refractivity contribution < 1.29 is 9.32 Å². The first-order chi connectivity index (χ1) is 9.76. The second-order valence-corrected chi connectivity index (χ2v) is 5.19. The van der Waals surface area contributed by atoms with Gasteiger partial charge in [0.05, 0.1) is 0 Å². The van der Waals surface area contributed by atoms with E-state index in [1.807, 2.05) is 30.3 Å². The summed E-state index contributed by atoms with van der Waals surface area (Å²) in [5.74, 6) is 0.957. The summed E-state index contributed by atoms with van der Waals surface area (Å²) in [6.07, 6.45) is 1.90. The molecular formula is C15H17N3O2. The highest BCUT2D eigenvalue weighted by Gasteiger charge is 2.29. The zero-order valence-electron chi connectivity index (χ0n) is 11.1. The third-order valence-corrected chi connectivity index (χ3v) is 3.71. The van der Waals surface area contributed by atoms with Gasteiger partial charge >= 0.3 is 0 Å². The minimum atomic E-state index is -0.184. The van der Waals surface area contributed by atoms with E-state index in [2.05, 4.69) is 10.5 Å². The number of benzene rings is 1. The van der Waals surface area contributed by atoms with E-state index in [0.717, 1.165) is 18.4 Å². The van der Waals surface area contributed by atoms with E-state index in [1.54, 1.807) is 6.07 Å². The van der Waals surface area contributed by atoms with Gasteiger partial charge in [0.25, 0.3) is 5.91 Å². The first-order valence-electron chi connectivity index (χ1n) is 6.79. The van der Waals surface area contributed by atoms with Gasteiger partial charge in [-0.15, -0.1) is 0 Å². The Bertz CT molecular complexity index is 588. The number of amides is 1. The first-order valence-corrected chi connectivity index (χ1v) is 6.79. The number of aromatic nitrogens is 1. The van der Waals surface area contributed by atoms with Crippen LogP contribution in [-0.4, -0.2) is 23.7 Å². The van der Waals surface area contributed by atoms with Crippen LogP contribution in [0.15, 0.2) is 40.9 Å². The summed E-state index contributed by atoms with van der Waals surface area (Å²) in [5, 5.41) is 6.78. The highest BCUT2D eigenvalue weighted by atomic mass is 16.5. The monoisotopic (exact) mass is 271 g/mol. The minimum Gasteiger partial charge on any atom is -0.355 e. The Morgan fingerprint density at radius 1 is 1.35 bits per heavy atom. The molecule has 1 aromatic heterocycles. The van der Waals surface area contributed by atoms with Gasteiger partial charge in [-0.2, -0.15) is 0 Å². The molecule has 1 saturated carbocycles. The van der Waals surface area contributed by atoms with Gasteiger partial charge in [-0.25, -0.2) is 0 Å². The molecule has 3 rings (SSSR count). The lowest BCUT2D eigenvalue weighted by atomic mass is 9.80. The molecule has 5 nitrogen and oxygen atoms in total. The largest absolute Gasteiger partial charge is 0.355 e. The van der Waals surface area contributed by atoms with Crippen LogP contribution in [0.5, 0.6) is 0 Å². The fraction of sp³-hybridized carbons (Fsp3) is 0.333. The zero-order chi connectivity index (χ0) is 13.9. The fourth-order valence-corrected chi connectivity index (χ4v) is 2.43. The number of hydrogen-bond acceptors (Lipinski definition) is 4. The maximum atomic E-state index is 12.0. The smallest absolute Gasteiger partial charge is 0.273 e. The molecule has 0 unspecified atom stereocenters. The number of nitrogens with two attached hydrogens (primary N) is 1. The predicted octanol–water partition coefficient (Wildman–Crippen LogP) is 1.81. The van der Waals surface area contributed by atoms with Gasteiger partial charge in [-0.1, -0.05) is 35.5 Å². The standard InChI is InChI=1S/C15H17N3O2/c16-9-10-6-12(7-10)17-15(19)13-8-14(20-18-13)11-4-2-1-3-5-11/h1-5,8,10,12H,6-7,9,16H2,(H,17,19). The summed E-state index contributed by atoms with van der Waals surface area (Å²) in [6, 6.07) is 11.5. The molecule has 1 aliphatic carbocycles. The summed E-state index contributed by atoms with van der Waals surface area (Å²) in [6.45, 7) is 0.689. The average Bonchev–Trinajstić information content (AvgIpc) is 2.93. The van der Waals surface area contributed by atoms with Crippen LogP contribution >= 0.6 is 0 Å². The van der Waals surface area contributed by atoms with Crippen molar-refractivity contribution in [2.45, 2.75) is 18.9 Å². The normalized spacial score (nSPS) is 21.2. The first kappa shape index (κ1) is 12.9. The van der Waals surface area contributed by atoms with E-state index in [9.17, 15) is 4.79 Å². The second-order valence-electron chi connectivity index (χ2n) is 5.19. The van der Waals surface area contributed by atoms with E-state index < -0.39 is 0 Å². The lowest BCUT2D eigenvalue weighted by Gasteiger charge is -2.34. The van der Waals surface area contributed by atoms with Crippen molar-refractivity contribution in [2.24, 2.45) is 11.7 Å². The Hall–Kier alpha value is -2.14. The molecule has 3 N–H and O–H groups in total. The molecule has 1 heterocycles. The number of nitrogens with one attached hydrogen (secondary N) is 1. The van der Waals surface area contributed by atoms with Crippen molar-refractivity contribution in [1.82, 2.24) is 10.5 Å². The number of rotatable bonds is 4. The van der Waals surface area contributed by atoms with Gasteiger partial charge in [0.15, 0.2) is 11.5 Å². The molecule has 0 aliphatic heterocycles. The van der Waals surface area contributed by atoms with Crippen molar-refractivity contribution in [3.05, 3.63) is 42.1 Å². The van der Waals surface area contributed by atoms with Crippen molar-refractivity contribution in [1.29, 1.82) is 0 Å². The maximum Gasteiger partial charge on any atom is 0.273 e. The van der Waals surface area contributed by atoms with Crippen molar-refractivity contribution >= 4 is 5.91 Å². The van der Waals surface area contributed by atoms with Crippen molar-refractivity contribution in [3.8, 4) is 11.3 Å². The molecule has 0 radical (unpaired) electrons. The molecule has 2 aromatic rings. The number of nitrogens with zero attached hydrogens (tertiary/aromatic N) is 1. The number of carbonyl (C=O) groups excluding carboxylic acids is 1. The molecule has 0 atom stereocenters. The average molecular weight is 271 g/mol. The third kappa shape index (κ3) is 2.58. The van der Waals surface area contributed by atoms with E-state index in [-0.39, 0.29) is 11.9 Å². The van der Waals surface area contributed by atoms with Crippen molar-refractivity contribution in [2.75, 3.05) is 6.54 Å². The molecule has 104 valence electrons. The Morgan fingerprint density at radius 2 is 2.10 bits per heavy atom. The van der Waals surface area contributed by atoms with Crippen LogP contribution in [0.2, 0.25) is 0 Å². The lowest BCUT2D eigenvalue weighted by Crippen LogP contribution is -2.46. The molecule has 1 fully saturated rings. The molecular weight excluding hydrogens is 254 g/mol. The fourth-order valence-electron chi connectivity index (χ4n) is 2.43. The number of carbonyl (C=O) groups is 1. The van der Waals surface area contributed by atoms with Crippen LogP contribution in [0.3, 0.4) is 0 Å². The van der Waals surface area contributed by atoms with Crippen LogP contribution < -0.4 is 11.1 Å². The summed E-state index contributed by atoms with van der Waals surface area (Å²) >= 11 is 0. The molecule has 20 heavy (non-hydrogen) atoms. The van der Waals surface area contributed by atoms with Crippen LogP contribution in [-0.2, 0) is 0 Å². The Morgan fingerprint density at radius 3 is 2.80 bits per heavy atom. The molecule has 0 spiro atoms. The highest BCUT2D eigenvalue weighted by molar-refractivity contribution is 5.93. The van der Waals surface area contributed by atoms with E-state index in [4.69, 9.17) is 10.3 Å². The van der Waals surface area contributed by atoms with Gasteiger partial charge in [0.1, 0.15) is 0 Å². The van der Waals surface area contributed by atoms with Gasteiger partial charge in [-0.05, 0) is 25.3 Å². The predicted molar refractivity (Wildman–Crippen MR) is 75.0 cm³/mol. The minimum absolute atomic E-state index is 0.184. The summed E-state index contributed by atoms with van der Waals surface area (Å²) in [7, 11) is 0. The SMILES string of the molecule is NCC1CC(NC(=O)c2cc(-c3ccccc3)on2)C1. The Kier molecular flexibility index (Phi) is 3.52. The van der Waals surface area contributed by atoms with E-state index in [0.29, 0.717) is 23.9 Å². The zero-order valence-corrected chi connectivity index (χ0v) is 11.1. The van der Waals surface area contributed by atoms with Gasteiger partial charge in [-0.3, -0.25) is 4.79 Å². The summed E-state index contributed by atoms with van der Waals surface area (Å²) in [4.78, 5) is 12.0. The van der Waals surface area contributed by atoms with Crippen LogP contribution in [0.1, 0.15) is 23.3 Å². The third-order valence-electron chi connectivity index (χ3n) is 3.71. The van der Waals surface area contributed by atoms with Gasteiger partial charge in [0.2, 0.25) is 0 Å². The van der Waals surface area contributed by atoms with Crippen LogP contribution in [0.4, 0.5) is 0 Å². The van der Waals surface area contributed by atoms with Gasteiger partial charge in [0, 0.05) is 17.7 Å². The lowest BCUT2D eigenvalue weighted by molar-refractivity contribution is 0.0883. The van der Waals surface area contributed by atoms with Crippen LogP contribution in [0, 0.1) is 5.92 Å². The molecule has 5 heteroatoms. The molecule has 0 saturated heterocycles. The van der Waals surface area contributed by atoms with Crippen molar-refractivity contribution in [3.63, 3.8) is 0 Å². The topological polar surface area (TPSA) is 81.1 Å². The molecule has 1 aromatic carbocycles. The Balaban J connectivity index is 1.64. The molecule has 1 amide bonds. The molecule has 1 aliphatic rings. The summed E-state index contributed by atoms with van der Waals surface area (Å²) in [5.41, 5.74) is 6.79. The van der Waals surface area contributed by atoms with Gasteiger partial charge < -0.3 is 15.6 Å². The molecule has 0 bridgehead atoms.